The first-order valence-electron chi connectivity index (χ1n) is 5.87. The molecule has 0 saturated heterocycles. The van der Waals surface area contributed by atoms with Crippen LogP contribution in [0.4, 0.5) is 0 Å². The lowest BCUT2D eigenvalue weighted by Crippen LogP contribution is -2.13. The molecule has 1 heterocycles. The van der Waals surface area contributed by atoms with Gasteiger partial charge in [0.2, 0.25) is 0 Å². The molecule has 0 aliphatic carbocycles. The average molecular weight is 306 g/mol. The van der Waals surface area contributed by atoms with Gasteiger partial charge < -0.3 is 14.0 Å². The number of ether oxygens (including phenoxy) is 2. The van der Waals surface area contributed by atoms with E-state index in [0.717, 1.165) is 37.6 Å². The monoisotopic (exact) mass is 305 g/mol. The van der Waals surface area contributed by atoms with Crippen molar-refractivity contribution in [2.75, 3.05) is 26.9 Å². The van der Waals surface area contributed by atoms with E-state index < -0.39 is 0 Å². The Kier molecular flexibility index (Phi) is 7.39. The first-order valence-corrected chi connectivity index (χ1v) is 6.99. The second-order valence-corrected chi connectivity index (χ2v) is 4.23. The molecule has 0 saturated carbocycles. The first kappa shape index (κ1) is 14.6. The van der Waals surface area contributed by atoms with Gasteiger partial charge in [-0.25, -0.2) is 0 Å². The van der Waals surface area contributed by atoms with E-state index in [0.29, 0.717) is 18.5 Å². The fourth-order valence-electron chi connectivity index (χ4n) is 1.51. The van der Waals surface area contributed by atoms with Gasteiger partial charge in [-0.1, -0.05) is 22.9 Å². The van der Waals surface area contributed by atoms with E-state index in [-0.39, 0.29) is 0 Å². The van der Waals surface area contributed by atoms with Crippen LogP contribution >= 0.6 is 15.9 Å². The van der Waals surface area contributed by atoms with Crippen molar-refractivity contribution in [2.45, 2.75) is 31.6 Å². The van der Waals surface area contributed by atoms with Crippen LogP contribution in [0.25, 0.3) is 0 Å². The number of rotatable bonds is 9. The van der Waals surface area contributed by atoms with Crippen LogP contribution in [-0.2, 0) is 27.8 Å². The van der Waals surface area contributed by atoms with Gasteiger partial charge in [0.05, 0.1) is 18.5 Å². The van der Waals surface area contributed by atoms with Gasteiger partial charge in [0.25, 0.3) is 0 Å². The topological polar surface area (TPSA) is 49.2 Å². The van der Waals surface area contributed by atoms with Crippen LogP contribution in [-0.4, -0.2) is 41.7 Å². The maximum atomic E-state index is 5.47. The van der Waals surface area contributed by atoms with Gasteiger partial charge in [0, 0.05) is 26.7 Å². The van der Waals surface area contributed by atoms with Crippen molar-refractivity contribution in [3.8, 4) is 0 Å². The molecular weight excluding hydrogens is 286 g/mol. The second-order valence-electron chi connectivity index (χ2n) is 3.67. The highest BCUT2D eigenvalue weighted by Gasteiger charge is 2.10. The highest BCUT2D eigenvalue weighted by atomic mass is 79.9. The molecule has 17 heavy (non-hydrogen) atoms. The minimum Gasteiger partial charge on any atom is -0.383 e. The maximum Gasteiger partial charge on any atom is 0.143 e. The van der Waals surface area contributed by atoms with Crippen molar-refractivity contribution in [1.29, 1.82) is 0 Å². The van der Waals surface area contributed by atoms with E-state index in [9.17, 15) is 0 Å². The van der Waals surface area contributed by atoms with E-state index in [1.165, 1.54) is 0 Å². The summed E-state index contributed by atoms with van der Waals surface area (Å²) in [6, 6.07) is 0. The van der Waals surface area contributed by atoms with Gasteiger partial charge in [-0.05, 0) is 6.42 Å². The number of aromatic nitrogens is 3. The van der Waals surface area contributed by atoms with Gasteiger partial charge in [0.15, 0.2) is 0 Å². The quantitative estimate of drug-likeness (QED) is 0.515. The fourth-order valence-corrected chi connectivity index (χ4v) is 1.92. The predicted molar refractivity (Wildman–Crippen MR) is 69.3 cm³/mol. The third-order valence-corrected chi connectivity index (χ3v) is 2.86. The largest absolute Gasteiger partial charge is 0.383 e. The molecule has 0 fully saturated rings. The second kappa shape index (κ2) is 8.60. The molecule has 0 aliphatic rings. The first-order chi connectivity index (χ1) is 8.33. The maximum absolute atomic E-state index is 5.47. The number of alkyl halides is 1. The van der Waals surface area contributed by atoms with Gasteiger partial charge >= 0.3 is 0 Å². The molecular formula is C11H20BrN3O2. The smallest absolute Gasteiger partial charge is 0.143 e. The summed E-state index contributed by atoms with van der Waals surface area (Å²) in [7, 11) is 1.70. The summed E-state index contributed by atoms with van der Waals surface area (Å²) in [5.41, 5.74) is 0. The average Bonchev–Trinajstić information content (AvgIpc) is 2.74. The molecule has 1 aromatic rings. The molecule has 1 rings (SSSR count). The Morgan fingerprint density at radius 1 is 1.18 bits per heavy atom. The van der Waals surface area contributed by atoms with E-state index in [1.807, 2.05) is 0 Å². The van der Waals surface area contributed by atoms with Gasteiger partial charge in [-0.15, -0.1) is 10.2 Å². The number of nitrogens with zero attached hydrogens (tertiary/aromatic N) is 3. The molecule has 0 aromatic carbocycles. The van der Waals surface area contributed by atoms with Crippen molar-refractivity contribution < 1.29 is 9.47 Å². The normalized spacial score (nSPS) is 11.0. The molecule has 5 nitrogen and oxygen atoms in total. The van der Waals surface area contributed by atoms with Crippen LogP contribution in [0.5, 0.6) is 0 Å². The molecule has 0 N–H and O–H groups in total. The van der Waals surface area contributed by atoms with Crippen LogP contribution in [0.15, 0.2) is 0 Å². The van der Waals surface area contributed by atoms with Crippen molar-refractivity contribution >= 4 is 15.9 Å². The van der Waals surface area contributed by atoms with Crippen LogP contribution in [0.3, 0.4) is 0 Å². The summed E-state index contributed by atoms with van der Waals surface area (Å²) in [5.74, 6) is 1.90. The standard InChI is InChI=1S/C11H20BrN3O2/c1-3-6-17-7-4-10-13-14-11(9-12)15(10)5-8-16-2/h3-9H2,1-2H3. The molecule has 6 heteroatoms. The Labute approximate surface area is 111 Å². The van der Waals surface area contributed by atoms with Crippen LogP contribution in [0, 0.1) is 0 Å². The van der Waals surface area contributed by atoms with E-state index >= 15 is 0 Å². The zero-order valence-electron chi connectivity index (χ0n) is 10.5. The van der Waals surface area contributed by atoms with E-state index in [1.54, 1.807) is 7.11 Å². The summed E-state index contributed by atoms with van der Waals surface area (Å²) in [5, 5.41) is 9.03. The Balaban J connectivity index is 2.53. The number of hydrogen-bond acceptors (Lipinski definition) is 4. The molecule has 98 valence electrons. The molecule has 0 aliphatic heterocycles. The number of hydrogen-bond donors (Lipinski definition) is 0. The van der Waals surface area contributed by atoms with Gasteiger partial charge in [-0.3, -0.25) is 0 Å². The Morgan fingerprint density at radius 3 is 2.59 bits per heavy atom. The van der Waals surface area contributed by atoms with Crippen LogP contribution in [0.1, 0.15) is 25.0 Å². The summed E-state index contributed by atoms with van der Waals surface area (Å²) in [4.78, 5) is 0. The summed E-state index contributed by atoms with van der Waals surface area (Å²) in [6.07, 6.45) is 1.84. The van der Waals surface area contributed by atoms with E-state index in [2.05, 4.69) is 37.6 Å². The van der Waals surface area contributed by atoms with Crippen molar-refractivity contribution in [3.63, 3.8) is 0 Å². The van der Waals surface area contributed by atoms with Gasteiger partial charge in [0.1, 0.15) is 11.6 Å². The van der Waals surface area contributed by atoms with E-state index in [4.69, 9.17) is 9.47 Å². The highest BCUT2D eigenvalue weighted by molar-refractivity contribution is 9.08. The predicted octanol–water partition coefficient (Wildman–Crippen LogP) is 1.79. The third kappa shape index (κ3) is 4.73. The van der Waals surface area contributed by atoms with Gasteiger partial charge in [-0.2, -0.15) is 0 Å². The molecule has 0 atom stereocenters. The Bertz CT molecular complexity index is 318. The lowest BCUT2D eigenvalue weighted by molar-refractivity contribution is 0.135. The molecule has 0 unspecified atom stereocenters. The van der Waals surface area contributed by atoms with Crippen molar-refractivity contribution in [1.82, 2.24) is 14.8 Å². The molecule has 0 spiro atoms. The number of methoxy groups -OCH3 is 1. The molecule has 1 aromatic heterocycles. The highest BCUT2D eigenvalue weighted by Crippen LogP contribution is 2.07. The zero-order chi connectivity index (χ0) is 12.5. The molecule has 0 amide bonds. The van der Waals surface area contributed by atoms with Crippen LogP contribution < -0.4 is 0 Å². The SMILES string of the molecule is CCCOCCc1nnc(CBr)n1CCOC. The zero-order valence-corrected chi connectivity index (χ0v) is 12.1. The summed E-state index contributed by atoms with van der Waals surface area (Å²) < 4.78 is 12.6. The molecule has 0 radical (unpaired) electrons. The van der Waals surface area contributed by atoms with Crippen LogP contribution in [0.2, 0.25) is 0 Å². The number of halogens is 1. The molecule has 0 bridgehead atoms. The van der Waals surface area contributed by atoms with Crippen molar-refractivity contribution in [3.05, 3.63) is 11.6 Å². The fraction of sp³-hybridized carbons (Fsp3) is 0.818. The lowest BCUT2D eigenvalue weighted by Gasteiger charge is -2.08. The summed E-state index contributed by atoms with van der Waals surface area (Å²) >= 11 is 3.41. The Hall–Kier alpha value is -0.460. The lowest BCUT2D eigenvalue weighted by atomic mass is 10.4. The Morgan fingerprint density at radius 2 is 1.94 bits per heavy atom. The van der Waals surface area contributed by atoms with Crippen molar-refractivity contribution in [2.24, 2.45) is 0 Å². The summed E-state index contributed by atoms with van der Waals surface area (Å²) in [6.45, 7) is 5.05. The minimum absolute atomic E-state index is 0.668. The minimum atomic E-state index is 0.668. The third-order valence-electron chi connectivity index (χ3n) is 2.36.